The summed E-state index contributed by atoms with van der Waals surface area (Å²) in [7, 11) is 0. The van der Waals surface area contributed by atoms with E-state index in [9.17, 15) is 20.1 Å². The average molecular weight is 303 g/mol. The first kappa shape index (κ1) is 15.1. The SMILES string of the molecule is CC1(O)C(O)C(CO)OC1N1CNC2C(=O)NC(N)NC21. The van der Waals surface area contributed by atoms with Crippen molar-refractivity contribution in [2.24, 2.45) is 5.73 Å². The maximum Gasteiger partial charge on any atom is 0.242 e. The molecule has 3 saturated heterocycles. The standard InChI is InChI=1S/C11H21N5O5/c1-11(20)6(18)4(2-17)21-9(11)16-3-13-5-7(16)14-10(12)15-8(5)19/h4-7,9-10,13-14,17-18,20H,2-3,12H2,1H3,(H,15,19). The lowest BCUT2D eigenvalue weighted by Crippen LogP contribution is -2.71. The van der Waals surface area contributed by atoms with Crippen molar-refractivity contribution in [2.45, 2.75) is 49.5 Å². The molecule has 3 fully saturated rings. The van der Waals surface area contributed by atoms with Gasteiger partial charge >= 0.3 is 0 Å². The predicted molar refractivity (Wildman–Crippen MR) is 69.0 cm³/mol. The fraction of sp³-hybridized carbons (Fsp3) is 0.909. The van der Waals surface area contributed by atoms with E-state index in [-0.39, 0.29) is 12.6 Å². The van der Waals surface area contributed by atoms with Crippen LogP contribution in [0.4, 0.5) is 0 Å². The smallest absolute Gasteiger partial charge is 0.242 e. The third-order valence-electron chi connectivity index (χ3n) is 4.33. The number of amides is 1. The highest BCUT2D eigenvalue weighted by Gasteiger charge is 2.58. The van der Waals surface area contributed by atoms with E-state index in [2.05, 4.69) is 16.0 Å². The Kier molecular flexibility index (Phi) is 3.66. The summed E-state index contributed by atoms with van der Waals surface area (Å²) in [6.07, 6.45) is -4.16. The zero-order valence-corrected chi connectivity index (χ0v) is 11.6. The quantitative estimate of drug-likeness (QED) is 0.267. The van der Waals surface area contributed by atoms with E-state index in [0.717, 1.165) is 0 Å². The largest absolute Gasteiger partial charge is 0.394 e. The Hall–Kier alpha value is -0.850. The van der Waals surface area contributed by atoms with Crippen LogP contribution in [0.25, 0.3) is 0 Å². The van der Waals surface area contributed by atoms with Gasteiger partial charge < -0.3 is 25.4 Å². The molecule has 7 unspecified atom stereocenters. The van der Waals surface area contributed by atoms with Crippen LogP contribution < -0.4 is 21.7 Å². The van der Waals surface area contributed by atoms with E-state index in [1.165, 1.54) is 6.92 Å². The van der Waals surface area contributed by atoms with Gasteiger partial charge in [-0.3, -0.25) is 21.2 Å². The topological polar surface area (TPSA) is 152 Å². The van der Waals surface area contributed by atoms with Crippen LogP contribution in [0, 0.1) is 0 Å². The molecule has 120 valence electrons. The molecule has 0 aromatic carbocycles. The molecule has 21 heavy (non-hydrogen) atoms. The Morgan fingerprint density at radius 3 is 2.90 bits per heavy atom. The summed E-state index contributed by atoms with van der Waals surface area (Å²) in [5, 5.41) is 38.3. The van der Waals surface area contributed by atoms with E-state index in [1.54, 1.807) is 4.90 Å². The maximum atomic E-state index is 11.9. The number of ether oxygens (including phenoxy) is 1. The lowest BCUT2D eigenvalue weighted by molar-refractivity contribution is -0.150. The van der Waals surface area contributed by atoms with Gasteiger partial charge in [-0.2, -0.15) is 0 Å². The van der Waals surface area contributed by atoms with Crippen LogP contribution >= 0.6 is 0 Å². The summed E-state index contributed by atoms with van der Waals surface area (Å²) in [5.41, 5.74) is 4.12. The Bertz CT molecular complexity index is 435. The van der Waals surface area contributed by atoms with E-state index in [0.29, 0.717) is 0 Å². The number of aliphatic hydroxyl groups is 3. The van der Waals surface area contributed by atoms with Gasteiger partial charge in [-0.1, -0.05) is 0 Å². The second kappa shape index (κ2) is 5.11. The third-order valence-corrected chi connectivity index (χ3v) is 4.33. The predicted octanol–water partition coefficient (Wildman–Crippen LogP) is -4.67. The van der Waals surface area contributed by atoms with Crippen LogP contribution in [0.3, 0.4) is 0 Å². The molecule has 10 heteroatoms. The van der Waals surface area contributed by atoms with Gasteiger partial charge in [0, 0.05) is 0 Å². The molecule has 3 heterocycles. The second-order valence-corrected chi connectivity index (χ2v) is 5.83. The van der Waals surface area contributed by atoms with Crippen LogP contribution in [-0.4, -0.2) is 81.9 Å². The zero-order valence-electron chi connectivity index (χ0n) is 11.6. The molecule has 0 aromatic rings. The molecule has 3 aliphatic rings. The van der Waals surface area contributed by atoms with Crippen molar-refractivity contribution >= 4 is 5.91 Å². The van der Waals surface area contributed by atoms with Crippen molar-refractivity contribution in [3.63, 3.8) is 0 Å². The summed E-state index contributed by atoms with van der Waals surface area (Å²) in [6, 6.07) is -0.533. The molecule has 3 aliphatic heterocycles. The van der Waals surface area contributed by atoms with Crippen molar-refractivity contribution < 1.29 is 24.9 Å². The van der Waals surface area contributed by atoms with E-state index in [1.807, 2.05) is 0 Å². The molecule has 1 amide bonds. The number of nitrogens with one attached hydrogen (secondary N) is 3. The number of fused-ring (bicyclic) bond motifs is 1. The van der Waals surface area contributed by atoms with Gasteiger partial charge in [0.15, 0.2) is 0 Å². The fourth-order valence-electron chi connectivity index (χ4n) is 3.19. The van der Waals surface area contributed by atoms with Gasteiger partial charge in [0.1, 0.15) is 36.4 Å². The average Bonchev–Trinajstić information content (AvgIpc) is 2.91. The number of nitrogens with zero attached hydrogens (tertiary/aromatic N) is 1. The number of carbonyl (C=O) groups excluding carboxylic acids is 1. The van der Waals surface area contributed by atoms with Crippen molar-refractivity contribution in [3.05, 3.63) is 0 Å². The third kappa shape index (κ3) is 2.24. The highest BCUT2D eigenvalue weighted by molar-refractivity contribution is 5.84. The molecular weight excluding hydrogens is 282 g/mol. The lowest BCUT2D eigenvalue weighted by atomic mass is 9.95. The Balaban J connectivity index is 1.82. The molecular formula is C11H21N5O5. The molecule has 0 spiro atoms. The Morgan fingerprint density at radius 1 is 1.57 bits per heavy atom. The summed E-state index contributed by atoms with van der Waals surface area (Å²) >= 11 is 0. The van der Waals surface area contributed by atoms with Crippen LogP contribution in [0.1, 0.15) is 6.92 Å². The number of carbonyl (C=O) groups is 1. The van der Waals surface area contributed by atoms with Crippen LogP contribution in [0.5, 0.6) is 0 Å². The number of aliphatic hydroxyl groups excluding tert-OH is 2. The normalized spacial score (nSPS) is 51.0. The minimum Gasteiger partial charge on any atom is -0.394 e. The second-order valence-electron chi connectivity index (χ2n) is 5.83. The molecule has 10 nitrogen and oxygen atoms in total. The summed E-state index contributed by atoms with van der Waals surface area (Å²) in [5.74, 6) is -0.245. The van der Waals surface area contributed by atoms with E-state index < -0.39 is 49.1 Å². The molecule has 0 aromatic heterocycles. The maximum absolute atomic E-state index is 11.9. The molecule has 0 radical (unpaired) electrons. The van der Waals surface area contributed by atoms with Gasteiger partial charge in [0.05, 0.1) is 19.4 Å². The number of rotatable bonds is 2. The lowest BCUT2D eigenvalue weighted by Gasteiger charge is -2.40. The first-order valence-corrected chi connectivity index (χ1v) is 6.84. The van der Waals surface area contributed by atoms with Gasteiger partial charge in [-0.15, -0.1) is 0 Å². The van der Waals surface area contributed by atoms with Crippen LogP contribution in [-0.2, 0) is 9.53 Å². The summed E-state index contributed by atoms with van der Waals surface area (Å²) in [6.45, 7) is 1.30. The van der Waals surface area contributed by atoms with Crippen LogP contribution in [0.2, 0.25) is 0 Å². The summed E-state index contributed by atoms with van der Waals surface area (Å²) < 4.78 is 5.56. The number of hydrogen-bond acceptors (Lipinski definition) is 9. The van der Waals surface area contributed by atoms with Gasteiger partial charge in [-0.05, 0) is 6.92 Å². The first-order chi connectivity index (χ1) is 9.86. The van der Waals surface area contributed by atoms with Crippen molar-refractivity contribution in [1.29, 1.82) is 0 Å². The van der Waals surface area contributed by atoms with Gasteiger partial charge in [0.25, 0.3) is 0 Å². The number of hydrogen-bond donors (Lipinski definition) is 7. The van der Waals surface area contributed by atoms with Crippen molar-refractivity contribution in [1.82, 2.24) is 20.9 Å². The minimum atomic E-state index is -1.58. The zero-order chi connectivity index (χ0) is 15.4. The first-order valence-electron chi connectivity index (χ1n) is 6.84. The van der Waals surface area contributed by atoms with E-state index >= 15 is 0 Å². The highest BCUT2D eigenvalue weighted by Crippen LogP contribution is 2.35. The fourth-order valence-corrected chi connectivity index (χ4v) is 3.19. The monoisotopic (exact) mass is 303 g/mol. The summed E-state index contributed by atoms with van der Waals surface area (Å²) in [4.78, 5) is 13.6. The molecule has 0 saturated carbocycles. The van der Waals surface area contributed by atoms with Crippen LogP contribution in [0.15, 0.2) is 0 Å². The van der Waals surface area contributed by atoms with E-state index in [4.69, 9.17) is 10.5 Å². The molecule has 7 atom stereocenters. The van der Waals surface area contributed by atoms with Gasteiger partial charge in [0.2, 0.25) is 5.91 Å². The van der Waals surface area contributed by atoms with Crippen molar-refractivity contribution in [2.75, 3.05) is 13.3 Å². The molecule has 0 aliphatic carbocycles. The Morgan fingerprint density at radius 2 is 2.29 bits per heavy atom. The molecule has 0 bridgehead atoms. The van der Waals surface area contributed by atoms with Crippen molar-refractivity contribution in [3.8, 4) is 0 Å². The Labute approximate surface area is 121 Å². The number of nitrogens with two attached hydrogens (primary N) is 1. The molecule has 3 rings (SSSR count). The minimum absolute atomic E-state index is 0.245. The highest BCUT2D eigenvalue weighted by atomic mass is 16.6. The van der Waals surface area contributed by atoms with Gasteiger partial charge in [-0.25, -0.2) is 4.90 Å². The molecule has 8 N–H and O–H groups in total.